The first kappa shape index (κ1) is 11.4. The lowest BCUT2D eigenvalue weighted by molar-refractivity contribution is 0.275. The average molecular weight is 220 g/mol. The number of hydrogen-bond acceptors (Lipinski definition) is 3. The smallest absolute Gasteiger partial charge is 0.212 e. The van der Waals surface area contributed by atoms with Gasteiger partial charge in [-0.15, -0.1) is 0 Å². The van der Waals surface area contributed by atoms with E-state index in [4.69, 9.17) is 10.5 Å². The minimum absolute atomic E-state index is 0.278. The molecule has 1 aromatic rings. The molecule has 1 unspecified atom stereocenters. The van der Waals surface area contributed by atoms with Crippen LogP contribution in [0.5, 0.6) is 5.88 Å². The molecule has 3 nitrogen and oxygen atoms in total. The molecule has 1 aliphatic rings. The fourth-order valence-corrected chi connectivity index (χ4v) is 2.20. The predicted molar refractivity (Wildman–Crippen MR) is 64.4 cm³/mol. The zero-order chi connectivity index (χ0) is 11.4. The van der Waals surface area contributed by atoms with Crippen LogP contribution in [0, 0.1) is 5.92 Å². The molecule has 3 heteroatoms. The van der Waals surface area contributed by atoms with Crippen molar-refractivity contribution in [2.24, 2.45) is 11.7 Å². The lowest BCUT2D eigenvalue weighted by atomic mass is 9.80. The van der Waals surface area contributed by atoms with Gasteiger partial charge in [-0.05, 0) is 24.3 Å². The van der Waals surface area contributed by atoms with Crippen molar-refractivity contribution in [3.63, 3.8) is 0 Å². The van der Waals surface area contributed by atoms with Gasteiger partial charge in [0, 0.05) is 18.3 Å². The second-order valence-corrected chi connectivity index (χ2v) is 4.71. The fraction of sp³-hybridized carbons (Fsp3) is 0.615. The van der Waals surface area contributed by atoms with Crippen molar-refractivity contribution in [2.75, 3.05) is 7.11 Å². The molecule has 0 bridgehead atoms. The number of ether oxygens (including phenoxy) is 1. The molecule has 1 aromatic heterocycles. The van der Waals surface area contributed by atoms with Gasteiger partial charge in [0.2, 0.25) is 5.88 Å². The maximum atomic E-state index is 6.13. The zero-order valence-corrected chi connectivity index (χ0v) is 9.86. The summed E-state index contributed by atoms with van der Waals surface area (Å²) in [6.07, 6.45) is 8.07. The van der Waals surface area contributed by atoms with Crippen LogP contribution < -0.4 is 10.5 Å². The molecular weight excluding hydrogens is 200 g/mol. The van der Waals surface area contributed by atoms with Crippen LogP contribution in [0.2, 0.25) is 0 Å². The third-order valence-corrected chi connectivity index (χ3v) is 3.37. The molecule has 1 aliphatic carbocycles. The Labute approximate surface area is 97.0 Å². The summed E-state index contributed by atoms with van der Waals surface area (Å²) in [5.41, 5.74) is 7.33. The van der Waals surface area contributed by atoms with E-state index in [1.807, 2.05) is 18.3 Å². The van der Waals surface area contributed by atoms with Crippen LogP contribution in [0.15, 0.2) is 18.3 Å². The summed E-state index contributed by atoms with van der Waals surface area (Å²) >= 11 is 0. The van der Waals surface area contributed by atoms with E-state index >= 15 is 0 Å². The Balaban J connectivity index is 1.82. The number of aromatic nitrogens is 1. The molecule has 2 N–H and O–H groups in total. The quantitative estimate of drug-likeness (QED) is 0.827. The van der Waals surface area contributed by atoms with Crippen molar-refractivity contribution in [3.05, 3.63) is 23.9 Å². The van der Waals surface area contributed by atoms with Gasteiger partial charge in [-0.2, -0.15) is 0 Å². The van der Waals surface area contributed by atoms with E-state index in [1.54, 1.807) is 7.11 Å². The first-order chi connectivity index (χ1) is 7.78. The van der Waals surface area contributed by atoms with Gasteiger partial charge in [0.25, 0.3) is 0 Å². The molecule has 2 rings (SSSR count). The lowest BCUT2D eigenvalue weighted by Crippen LogP contribution is -2.28. The van der Waals surface area contributed by atoms with Crippen LogP contribution in [-0.2, 0) is 6.42 Å². The second kappa shape index (κ2) is 5.30. The summed E-state index contributed by atoms with van der Waals surface area (Å²) in [5, 5.41) is 0. The Bertz CT molecular complexity index is 319. The van der Waals surface area contributed by atoms with Gasteiger partial charge in [0.1, 0.15) is 0 Å². The molecule has 0 aromatic carbocycles. The van der Waals surface area contributed by atoms with Crippen LogP contribution in [0.25, 0.3) is 0 Å². The lowest BCUT2D eigenvalue weighted by Gasteiger charge is -2.28. The molecule has 1 heterocycles. The highest BCUT2D eigenvalue weighted by atomic mass is 16.5. The topological polar surface area (TPSA) is 48.1 Å². The van der Waals surface area contributed by atoms with Crippen LogP contribution in [0.3, 0.4) is 0 Å². The van der Waals surface area contributed by atoms with Crippen molar-refractivity contribution in [3.8, 4) is 5.88 Å². The highest BCUT2D eigenvalue weighted by Crippen LogP contribution is 2.30. The number of pyridine rings is 1. The normalized spacial score (nSPS) is 17.9. The third kappa shape index (κ3) is 2.95. The zero-order valence-electron chi connectivity index (χ0n) is 9.86. The number of methoxy groups -OCH3 is 1. The van der Waals surface area contributed by atoms with Gasteiger partial charge >= 0.3 is 0 Å². The van der Waals surface area contributed by atoms with Crippen LogP contribution in [-0.4, -0.2) is 18.1 Å². The molecule has 0 aliphatic heterocycles. The van der Waals surface area contributed by atoms with Gasteiger partial charge in [-0.25, -0.2) is 4.98 Å². The van der Waals surface area contributed by atoms with Gasteiger partial charge < -0.3 is 10.5 Å². The van der Waals surface area contributed by atoms with Crippen LogP contribution in [0.1, 0.15) is 31.2 Å². The number of nitrogens with zero attached hydrogens (tertiary/aromatic N) is 1. The number of hydrogen-bond donors (Lipinski definition) is 1. The fourth-order valence-electron chi connectivity index (χ4n) is 2.20. The van der Waals surface area contributed by atoms with E-state index < -0.39 is 0 Å². The van der Waals surface area contributed by atoms with Gasteiger partial charge in [-0.3, -0.25) is 0 Å². The molecule has 0 spiro atoms. The molecule has 0 saturated heterocycles. The van der Waals surface area contributed by atoms with E-state index in [9.17, 15) is 0 Å². The first-order valence-electron chi connectivity index (χ1n) is 6.02. The average Bonchev–Trinajstić information content (AvgIpc) is 2.25. The van der Waals surface area contributed by atoms with E-state index in [2.05, 4.69) is 4.98 Å². The van der Waals surface area contributed by atoms with E-state index in [0.29, 0.717) is 5.88 Å². The minimum atomic E-state index is 0.278. The Hall–Kier alpha value is -1.09. The molecule has 0 amide bonds. The molecule has 88 valence electrons. The summed E-state index contributed by atoms with van der Waals surface area (Å²) in [7, 11) is 1.63. The van der Waals surface area contributed by atoms with Crippen molar-refractivity contribution >= 4 is 0 Å². The maximum absolute atomic E-state index is 6.13. The van der Waals surface area contributed by atoms with E-state index in [1.165, 1.54) is 24.8 Å². The van der Waals surface area contributed by atoms with E-state index in [-0.39, 0.29) is 6.04 Å². The molecule has 1 saturated carbocycles. The van der Waals surface area contributed by atoms with Crippen molar-refractivity contribution in [1.29, 1.82) is 0 Å². The van der Waals surface area contributed by atoms with E-state index in [0.717, 1.165) is 18.8 Å². The summed E-state index contributed by atoms with van der Waals surface area (Å²) in [6, 6.07) is 4.22. The second-order valence-electron chi connectivity index (χ2n) is 4.71. The summed E-state index contributed by atoms with van der Waals surface area (Å²) < 4.78 is 5.02. The minimum Gasteiger partial charge on any atom is -0.481 e. The molecule has 1 fully saturated rings. The Morgan fingerprint density at radius 3 is 2.81 bits per heavy atom. The van der Waals surface area contributed by atoms with Gasteiger partial charge in [0.05, 0.1) is 7.11 Å². The summed E-state index contributed by atoms with van der Waals surface area (Å²) in [5.74, 6) is 1.54. The van der Waals surface area contributed by atoms with Gasteiger partial charge in [0.15, 0.2) is 0 Å². The van der Waals surface area contributed by atoms with Gasteiger partial charge in [-0.1, -0.05) is 25.3 Å². The number of nitrogens with two attached hydrogens (primary N) is 1. The van der Waals surface area contributed by atoms with Crippen LogP contribution in [0.4, 0.5) is 0 Å². The molecule has 0 radical (unpaired) electrons. The highest BCUT2D eigenvalue weighted by Gasteiger charge is 2.20. The SMILES string of the molecule is COc1ccc(CC(N)CC2CCC2)cn1. The first-order valence-corrected chi connectivity index (χ1v) is 6.02. The number of rotatable bonds is 5. The van der Waals surface area contributed by atoms with Crippen molar-refractivity contribution < 1.29 is 4.74 Å². The Morgan fingerprint density at radius 1 is 1.50 bits per heavy atom. The molecular formula is C13H20N2O. The third-order valence-electron chi connectivity index (χ3n) is 3.37. The molecule has 1 atom stereocenters. The predicted octanol–water partition coefficient (Wildman–Crippen LogP) is 2.15. The largest absolute Gasteiger partial charge is 0.481 e. The van der Waals surface area contributed by atoms with Crippen molar-refractivity contribution in [2.45, 2.75) is 38.1 Å². The summed E-state index contributed by atoms with van der Waals surface area (Å²) in [4.78, 5) is 4.19. The maximum Gasteiger partial charge on any atom is 0.212 e. The summed E-state index contributed by atoms with van der Waals surface area (Å²) in [6.45, 7) is 0. The Kier molecular flexibility index (Phi) is 3.78. The monoisotopic (exact) mass is 220 g/mol. The molecule has 16 heavy (non-hydrogen) atoms. The Morgan fingerprint density at radius 2 is 2.31 bits per heavy atom. The van der Waals surface area contributed by atoms with Crippen molar-refractivity contribution in [1.82, 2.24) is 4.98 Å². The highest BCUT2D eigenvalue weighted by molar-refractivity contribution is 5.18. The van der Waals surface area contributed by atoms with Crippen LogP contribution >= 0.6 is 0 Å². The standard InChI is InChI=1S/C13H20N2O/c1-16-13-6-5-11(9-15-13)8-12(14)7-10-3-2-4-10/h5-6,9-10,12H,2-4,7-8,14H2,1H3.